The van der Waals surface area contributed by atoms with Crippen LogP contribution in [0.4, 0.5) is 5.69 Å². The summed E-state index contributed by atoms with van der Waals surface area (Å²) in [7, 11) is 2.17. The zero-order valence-electron chi connectivity index (χ0n) is 11.6. The molecule has 3 heteroatoms. The van der Waals surface area contributed by atoms with Crippen LogP contribution in [0.2, 0.25) is 0 Å². The molecule has 1 aromatic rings. The van der Waals surface area contributed by atoms with Crippen LogP contribution in [-0.4, -0.2) is 37.7 Å². The van der Waals surface area contributed by atoms with Crippen molar-refractivity contribution >= 4 is 5.69 Å². The SMILES string of the molecule is CC(C)COc1cccc(NC2CCN(C)C2)c1. The lowest BCUT2D eigenvalue weighted by Crippen LogP contribution is -2.23. The van der Waals surface area contributed by atoms with Crippen molar-refractivity contribution in [1.29, 1.82) is 0 Å². The summed E-state index contributed by atoms with van der Waals surface area (Å²) in [6, 6.07) is 8.85. The van der Waals surface area contributed by atoms with E-state index in [0.717, 1.165) is 24.6 Å². The van der Waals surface area contributed by atoms with E-state index in [0.29, 0.717) is 12.0 Å². The Bertz CT molecular complexity index is 379. The molecule has 1 unspecified atom stereocenters. The van der Waals surface area contributed by atoms with Crippen LogP contribution in [0.1, 0.15) is 20.3 Å². The maximum absolute atomic E-state index is 5.74. The Morgan fingerprint density at radius 2 is 2.28 bits per heavy atom. The zero-order valence-corrected chi connectivity index (χ0v) is 11.6. The van der Waals surface area contributed by atoms with E-state index >= 15 is 0 Å². The Hall–Kier alpha value is -1.22. The Morgan fingerprint density at radius 3 is 2.94 bits per heavy atom. The quantitative estimate of drug-likeness (QED) is 0.867. The molecule has 18 heavy (non-hydrogen) atoms. The summed E-state index contributed by atoms with van der Waals surface area (Å²) >= 11 is 0. The molecule has 0 amide bonds. The average Bonchev–Trinajstić information content (AvgIpc) is 2.73. The largest absolute Gasteiger partial charge is 0.493 e. The molecule has 1 N–H and O–H groups in total. The second-order valence-corrected chi connectivity index (χ2v) is 5.62. The zero-order chi connectivity index (χ0) is 13.0. The summed E-state index contributed by atoms with van der Waals surface area (Å²) < 4.78 is 5.74. The second kappa shape index (κ2) is 6.10. The minimum absolute atomic E-state index is 0.560. The first-order valence-corrected chi connectivity index (χ1v) is 6.81. The highest BCUT2D eigenvalue weighted by Gasteiger charge is 2.18. The summed E-state index contributed by atoms with van der Waals surface area (Å²) in [6.07, 6.45) is 1.22. The molecule has 1 fully saturated rings. The number of rotatable bonds is 5. The molecule has 0 radical (unpaired) electrons. The Labute approximate surface area is 110 Å². The van der Waals surface area contributed by atoms with Crippen LogP contribution in [0, 0.1) is 5.92 Å². The summed E-state index contributed by atoms with van der Waals surface area (Å²) in [6.45, 7) is 7.40. The van der Waals surface area contributed by atoms with Crippen LogP contribution < -0.4 is 10.1 Å². The van der Waals surface area contributed by atoms with E-state index < -0.39 is 0 Å². The smallest absolute Gasteiger partial charge is 0.121 e. The molecule has 2 rings (SSSR count). The predicted octanol–water partition coefficient (Wildman–Crippen LogP) is 2.84. The van der Waals surface area contributed by atoms with Gasteiger partial charge in [0.25, 0.3) is 0 Å². The molecule has 1 aliphatic heterocycles. The van der Waals surface area contributed by atoms with Gasteiger partial charge in [-0.05, 0) is 38.1 Å². The molecular formula is C15H24N2O. The topological polar surface area (TPSA) is 24.5 Å². The van der Waals surface area contributed by atoms with Crippen molar-refractivity contribution in [3.63, 3.8) is 0 Å². The maximum atomic E-state index is 5.74. The molecular weight excluding hydrogens is 224 g/mol. The highest BCUT2D eigenvalue weighted by Crippen LogP contribution is 2.20. The van der Waals surface area contributed by atoms with Gasteiger partial charge in [-0.25, -0.2) is 0 Å². The number of likely N-dealkylation sites (tertiary alicyclic amines) is 1. The van der Waals surface area contributed by atoms with Gasteiger partial charge in [0, 0.05) is 24.3 Å². The molecule has 0 aliphatic carbocycles. The number of anilines is 1. The van der Waals surface area contributed by atoms with Crippen molar-refractivity contribution in [1.82, 2.24) is 4.90 Å². The maximum Gasteiger partial charge on any atom is 0.121 e. The number of nitrogens with zero attached hydrogens (tertiary/aromatic N) is 1. The minimum Gasteiger partial charge on any atom is -0.493 e. The molecule has 1 aliphatic rings. The van der Waals surface area contributed by atoms with Gasteiger partial charge in [-0.3, -0.25) is 0 Å². The van der Waals surface area contributed by atoms with Crippen LogP contribution in [0.3, 0.4) is 0 Å². The Kier molecular flexibility index (Phi) is 4.48. The lowest BCUT2D eigenvalue weighted by molar-refractivity contribution is 0.271. The van der Waals surface area contributed by atoms with Gasteiger partial charge in [-0.1, -0.05) is 19.9 Å². The lowest BCUT2D eigenvalue weighted by Gasteiger charge is -2.15. The third-order valence-corrected chi connectivity index (χ3v) is 3.18. The summed E-state index contributed by atoms with van der Waals surface area (Å²) in [5.74, 6) is 1.52. The average molecular weight is 248 g/mol. The monoisotopic (exact) mass is 248 g/mol. The first-order chi connectivity index (χ1) is 8.63. The van der Waals surface area contributed by atoms with Crippen molar-refractivity contribution in [2.45, 2.75) is 26.3 Å². The van der Waals surface area contributed by atoms with Gasteiger partial charge in [0.15, 0.2) is 0 Å². The van der Waals surface area contributed by atoms with Crippen LogP contribution in [0.5, 0.6) is 5.75 Å². The van der Waals surface area contributed by atoms with Gasteiger partial charge in [0.1, 0.15) is 5.75 Å². The second-order valence-electron chi connectivity index (χ2n) is 5.62. The highest BCUT2D eigenvalue weighted by molar-refractivity contribution is 5.49. The van der Waals surface area contributed by atoms with Crippen LogP contribution >= 0.6 is 0 Å². The molecule has 0 aromatic heterocycles. The molecule has 1 heterocycles. The number of benzene rings is 1. The van der Waals surface area contributed by atoms with Gasteiger partial charge in [-0.15, -0.1) is 0 Å². The van der Waals surface area contributed by atoms with Crippen LogP contribution in [-0.2, 0) is 0 Å². The van der Waals surface area contributed by atoms with Gasteiger partial charge >= 0.3 is 0 Å². The minimum atomic E-state index is 0.560. The first kappa shape index (κ1) is 13.2. The normalized spacial score (nSPS) is 20.3. The van der Waals surface area contributed by atoms with Crippen molar-refractivity contribution in [2.75, 3.05) is 32.1 Å². The Morgan fingerprint density at radius 1 is 1.44 bits per heavy atom. The van der Waals surface area contributed by atoms with E-state index in [1.54, 1.807) is 0 Å². The fourth-order valence-corrected chi connectivity index (χ4v) is 2.23. The molecule has 0 bridgehead atoms. The highest BCUT2D eigenvalue weighted by atomic mass is 16.5. The summed E-state index contributed by atoms with van der Waals surface area (Å²) in [5.41, 5.74) is 1.16. The molecule has 0 spiro atoms. The van der Waals surface area contributed by atoms with E-state index in [-0.39, 0.29) is 0 Å². The third kappa shape index (κ3) is 3.91. The predicted molar refractivity (Wildman–Crippen MR) is 76.3 cm³/mol. The molecule has 1 aromatic carbocycles. The number of ether oxygens (including phenoxy) is 1. The van der Waals surface area contributed by atoms with Crippen molar-refractivity contribution in [3.05, 3.63) is 24.3 Å². The number of hydrogen-bond donors (Lipinski definition) is 1. The van der Waals surface area contributed by atoms with Crippen LogP contribution in [0.15, 0.2) is 24.3 Å². The van der Waals surface area contributed by atoms with E-state index in [9.17, 15) is 0 Å². The Balaban J connectivity index is 1.90. The fourth-order valence-electron chi connectivity index (χ4n) is 2.23. The summed E-state index contributed by atoms with van der Waals surface area (Å²) in [4.78, 5) is 2.36. The van der Waals surface area contributed by atoms with Gasteiger partial charge in [-0.2, -0.15) is 0 Å². The molecule has 100 valence electrons. The number of hydrogen-bond acceptors (Lipinski definition) is 3. The van der Waals surface area contributed by atoms with E-state index in [2.05, 4.69) is 49.3 Å². The fraction of sp³-hybridized carbons (Fsp3) is 0.600. The van der Waals surface area contributed by atoms with Gasteiger partial charge in [0.2, 0.25) is 0 Å². The number of likely N-dealkylation sites (N-methyl/N-ethyl adjacent to an activating group) is 1. The number of nitrogens with one attached hydrogen (secondary N) is 1. The summed E-state index contributed by atoms with van der Waals surface area (Å²) in [5, 5.41) is 3.58. The van der Waals surface area contributed by atoms with Gasteiger partial charge < -0.3 is 15.0 Å². The van der Waals surface area contributed by atoms with Crippen LogP contribution in [0.25, 0.3) is 0 Å². The molecule has 1 saturated heterocycles. The molecule has 0 saturated carbocycles. The first-order valence-electron chi connectivity index (χ1n) is 6.81. The molecule has 3 nitrogen and oxygen atoms in total. The van der Waals surface area contributed by atoms with Crippen molar-refractivity contribution in [2.24, 2.45) is 5.92 Å². The third-order valence-electron chi connectivity index (χ3n) is 3.18. The van der Waals surface area contributed by atoms with Gasteiger partial charge in [0.05, 0.1) is 6.61 Å². The van der Waals surface area contributed by atoms with E-state index in [1.165, 1.54) is 13.0 Å². The van der Waals surface area contributed by atoms with Crippen molar-refractivity contribution in [3.8, 4) is 5.75 Å². The van der Waals surface area contributed by atoms with E-state index in [1.807, 2.05) is 6.07 Å². The molecule has 1 atom stereocenters. The van der Waals surface area contributed by atoms with E-state index in [4.69, 9.17) is 4.74 Å². The van der Waals surface area contributed by atoms with Crippen molar-refractivity contribution < 1.29 is 4.74 Å². The standard InChI is InChI=1S/C15H24N2O/c1-12(2)11-18-15-6-4-5-13(9-15)16-14-7-8-17(3)10-14/h4-6,9,12,14,16H,7-8,10-11H2,1-3H3. The lowest BCUT2D eigenvalue weighted by atomic mass is 10.2.